The third-order valence-electron chi connectivity index (χ3n) is 5.22. The van der Waals surface area contributed by atoms with E-state index in [1.54, 1.807) is 25.7 Å². The minimum absolute atomic E-state index is 0.0787. The fourth-order valence-electron chi connectivity index (χ4n) is 3.65. The molecule has 2 aromatic heterocycles. The zero-order chi connectivity index (χ0) is 20.1. The van der Waals surface area contributed by atoms with Gasteiger partial charge in [0.05, 0.1) is 19.3 Å². The van der Waals surface area contributed by atoms with Crippen LogP contribution in [0.3, 0.4) is 0 Å². The van der Waals surface area contributed by atoms with Gasteiger partial charge in [0.2, 0.25) is 11.7 Å². The number of aromatic nitrogens is 5. The van der Waals surface area contributed by atoms with Crippen LogP contribution in [-0.2, 0) is 11.2 Å². The lowest BCUT2D eigenvalue weighted by Gasteiger charge is -2.34. The molecule has 1 fully saturated rings. The monoisotopic (exact) mass is 392 g/mol. The van der Waals surface area contributed by atoms with Gasteiger partial charge in [-0.2, -0.15) is 5.10 Å². The third kappa shape index (κ3) is 4.42. The van der Waals surface area contributed by atoms with Crippen LogP contribution in [0.1, 0.15) is 43.1 Å². The summed E-state index contributed by atoms with van der Waals surface area (Å²) in [5, 5.41) is 7.29. The fraction of sp³-hybridized carbons (Fsp3) is 0.381. The molecule has 3 heterocycles. The Labute approximate surface area is 169 Å². The molecule has 0 spiro atoms. The lowest BCUT2D eigenvalue weighted by Crippen LogP contribution is -2.39. The Bertz CT molecular complexity index is 941. The van der Waals surface area contributed by atoms with Crippen LogP contribution in [0.4, 0.5) is 0 Å². The summed E-state index contributed by atoms with van der Waals surface area (Å²) < 4.78 is 5.19. The van der Waals surface area contributed by atoms with Crippen LogP contribution in [0.15, 0.2) is 42.9 Å². The minimum atomic E-state index is -0.0787. The molecule has 29 heavy (non-hydrogen) atoms. The van der Waals surface area contributed by atoms with Crippen molar-refractivity contribution in [2.24, 2.45) is 0 Å². The zero-order valence-corrected chi connectivity index (χ0v) is 16.4. The van der Waals surface area contributed by atoms with Gasteiger partial charge in [0.1, 0.15) is 17.3 Å². The van der Waals surface area contributed by atoms with Crippen LogP contribution < -0.4 is 4.74 Å². The highest BCUT2D eigenvalue weighted by molar-refractivity contribution is 5.77. The minimum Gasteiger partial charge on any atom is -0.497 e. The van der Waals surface area contributed by atoms with E-state index in [9.17, 15) is 4.79 Å². The molecule has 0 radical (unpaired) electrons. The van der Waals surface area contributed by atoms with Crippen molar-refractivity contribution >= 4 is 5.91 Å². The van der Waals surface area contributed by atoms with Gasteiger partial charge in [0.15, 0.2) is 0 Å². The SMILES string of the molecule is COc1ccc(CCC(=O)N2CCCCC2c2nc(-c3cnccn3)n[nH]2)cc1. The third-order valence-corrected chi connectivity index (χ3v) is 5.22. The number of H-pyrrole nitrogens is 1. The first-order valence-corrected chi connectivity index (χ1v) is 9.85. The number of hydrogen-bond acceptors (Lipinski definition) is 6. The van der Waals surface area contributed by atoms with Crippen LogP contribution >= 0.6 is 0 Å². The van der Waals surface area contributed by atoms with Crippen molar-refractivity contribution in [1.29, 1.82) is 0 Å². The van der Waals surface area contributed by atoms with Crippen LogP contribution in [0, 0.1) is 0 Å². The molecule has 3 aromatic rings. The van der Waals surface area contributed by atoms with E-state index >= 15 is 0 Å². The van der Waals surface area contributed by atoms with Crippen molar-refractivity contribution in [2.45, 2.75) is 38.1 Å². The van der Waals surface area contributed by atoms with Gasteiger partial charge in [0, 0.05) is 25.4 Å². The largest absolute Gasteiger partial charge is 0.497 e. The van der Waals surface area contributed by atoms with Crippen molar-refractivity contribution in [2.75, 3.05) is 13.7 Å². The van der Waals surface area contributed by atoms with Gasteiger partial charge >= 0.3 is 0 Å². The summed E-state index contributed by atoms with van der Waals surface area (Å²) >= 11 is 0. The molecule has 1 atom stereocenters. The number of piperidine rings is 1. The number of methoxy groups -OCH3 is 1. The van der Waals surface area contributed by atoms with Gasteiger partial charge in [-0.15, -0.1) is 0 Å². The summed E-state index contributed by atoms with van der Waals surface area (Å²) in [4.78, 5) is 27.8. The number of hydrogen-bond donors (Lipinski definition) is 1. The number of nitrogens with one attached hydrogen (secondary N) is 1. The highest BCUT2D eigenvalue weighted by atomic mass is 16.5. The standard InChI is InChI=1S/C21H24N6O2/c1-29-16-8-5-15(6-9-16)7-10-19(28)27-13-3-2-4-18(27)21-24-20(25-26-21)17-14-22-11-12-23-17/h5-6,8-9,11-12,14,18H,2-4,7,10,13H2,1H3,(H,24,25,26). The Morgan fingerprint density at radius 2 is 2.10 bits per heavy atom. The van der Waals surface area contributed by atoms with Gasteiger partial charge < -0.3 is 9.64 Å². The molecular weight excluding hydrogens is 368 g/mol. The topological polar surface area (TPSA) is 96.9 Å². The molecule has 1 unspecified atom stereocenters. The van der Waals surface area contributed by atoms with Crippen LogP contribution in [0.5, 0.6) is 5.75 Å². The predicted molar refractivity (Wildman–Crippen MR) is 107 cm³/mol. The Morgan fingerprint density at radius 1 is 1.24 bits per heavy atom. The molecule has 1 aliphatic heterocycles. The molecule has 150 valence electrons. The lowest BCUT2D eigenvalue weighted by molar-refractivity contribution is -0.135. The van der Waals surface area contributed by atoms with Gasteiger partial charge in [0.25, 0.3) is 0 Å². The van der Waals surface area contributed by atoms with Crippen molar-refractivity contribution in [1.82, 2.24) is 30.0 Å². The number of aryl methyl sites for hydroxylation is 1. The normalized spacial score (nSPS) is 16.6. The highest BCUT2D eigenvalue weighted by Crippen LogP contribution is 2.30. The second-order valence-electron chi connectivity index (χ2n) is 7.08. The predicted octanol–water partition coefficient (Wildman–Crippen LogP) is 2.96. The molecular formula is C21H24N6O2. The molecule has 1 aliphatic rings. The first kappa shape index (κ1) is 19.0. The zero-order valence-electron chi connectivity index (χ0n) is 16.4. The number of carbonyl (C=O) groups is 1. The lowest BCUT2D eigenvalue weighted by atomic mass is 10.00. The van der Waals surface area contributed by atoms with E-state index in [1.165, 1.54) is 0 Å². The number of likely N-dealkylation sites (tertiary alicyclic amines) is 1. The molecule has 8 nitrogen and oxygen atoms in total. The van der Waals surface area contributed by atoms with Gasteiger partial charge in [-0.25, -0.2) is 9.97 Å². The molecule has 1 N–H and O–H groups in total. The van der Waals surface area contributed by atoms with Crippen LogP contribution in [0.2, 0.25) is 0 Å². The molecule has 8 heteroatoms. The maximum Gasteiger partial charge on any atom is 0.223 e. The Hall–Kier alpha value is -3.29. The summed E-state index contributed by atoms with van der Waals surface area (Å²) in [5.74, 6) is 2.18. The van der Waals surface area contributed by atoms with Crippen molar-refractivity contribution in [3.8, 4) is 17.3 Å². The quantitative estimate of drug-likeness (QED) is 0.693. The van der Waals surface area contributed by atoms with Crippen LogP contribution in [0.25, 0.3) is 11.5 Å². The van der Waals surface area contributed by atoms with Crippen LogP contribution in [-0.4, -0.2) is 49.6 Å². The number of rotatable bonds is 6. The Kier molecular flexibility index (Phi) is 5.79. The van der Waals surface area contributed by atoms with E-state index in [2.05, 4.69) is 25.1 Å². The van der Waals surface area contributed by atoms with E-state index in [4.69, 9.17) is 4.74 Å². The van der Waals surface area contributed by atoms with Crippen molar-refractivity contribution in [3.63, 3.8) is 0 Å². The molecule has 1 amide bonds. The van der Waals surface area contributed by atoms with E-state index in [0.717, 1.165) is 37.1 Å². The van der Waals surface area contributed by atoms with E-state index < -0.39 is 0 Å². The number of carbonyl (C=O) groups excluding carboxylic acids is 1. The number of amides is 1. The smallest absolute Gasteiger partial charge is 0.223 e. The number of nitrogens with zero attached hydrogens (tertiary/aromatic N) is 5. The van der Waals surface area contributed by atoms with E-state index in [0.29, 0.717) is 30.2 Å². The number of benzene rings is 1. The summed E-state index contributed by atoms with van der Waals surface area (Å²) in [5.41, 5.74) is 1.74. The molecule has 1 saturated heterocycles. The summed E-state index contributed by atoms with van der Waals surface area (Å²) in [6.07, 6.45) is 8.97. The first-order valence-electron chi connectivity index (χ1n) is 9.85. The maximum absolute atomic E-state index is 13.0. The van der Waals surface area contributed by atoms with Crippen molar-refractivity contribution < 1.29 is 9.53 Å². The first-order chi connectivity index (χ1) is 14.2. The van der Waals surface area contributed by atoms with E-state index in [1.807, 2.05) is 29.2 Å². The second kappa shape index (κ2) is 8.81. The average Bonchev–Trinajstić information content (AvgIpc) is 3.28. The summed E-state index contributed by atoms with van der Waals surface area (Å²) in [6.45, 7) is 0.743. The Morgan fingerprint density at radius 3 is 2.86 bits per heavy atom. The number of aromatic amines is 1. The maximum atomic E-state index is 13.0. The summed E-state index contributed by atoms with van der Waals surface area (Å²) in [6, 6.07) is 7.77. The highest BCUT2D eigenvalue weighted by Gasteiger charge is 2.30. The second-order valence-corrected chi connectivity index (χ2v) is 7.08. The van der Waals surface area contributed by atoms with Gasteiger partial charge in [-0.05, 0) is 43.4 Å². The molecule has 0 saturated carbocycles. The number of ether oxygens (including phenoxy) is 1. The molecule has 0 bridgehead atoms. The Balaban J connectivity index is 1.44. The van der Waals surface area contributed by atoms with Gasteiger partial charge in [-0.3, -0.25) is 14.9 Å². The van der Waals surface area contributed by atoms with E-state index in [-0.39, 0.29) is 11.9 Å². The van der Waals surface area contributed by atoms with Gasteiger partial charge in [-0.1, -0.05) is 12.1 Å². The molecule has 0 aliphatic carbocycles. The fourth-order valence-corrected chi connectivity index (χ4v) is 3.65. The average molecular weight is 392 g/mol. The van der Waals surface area contributed by atoms with Crippen molar-refractivity contribution in [3.05, 3.63) is 54.2 Å². The summed E-state index contributed by atoms with van der Waals surface area (Å²) in [7, 11) is 1.65. The molecule has 4 rings (SSSR count). The molecule has 1 aromatic carbocycles.